The van der Waals surface area contributed by atoms with Crippen molar-refractivity contribution in [3.63, 3.8) is 0 Å². The van der Waals surface area contributed by atoms with Gasteiger partial charge in [-0.05, 0) is 64.0 Å². The van der Waals surface area contributed by atoms with E-state index in [2.05, 4.69) is 18.5 Å². The molecular weight excluding hydrogens is 574 g/mol. The number of aliphatic hydroxyl groups is 1. The normalized spacial score (nSPS) is 25.5. The predicted octanol–water partition coefficient (Wildman–Crippen LogP) is 3.76. The molecule has 4 rings (SSSR count). The van der Waals surface area contributed by atoms with Crippen LogP contribution < -0.4 is 10.2 Å². The summed E-state index contributed by atoms with van der Waals surface area (Å²) in [5, 5.41) is 12.0. The molecule has 6 atom stereocenters. The largest absolute Gasteiger partial charge is 0.460 e. The van der Waals surface area contributed by atoms with Gasteiger partial charge in [-0.15, -0.1) is 13.2 Å². The van der Waals surface area contributed by atoms with Crippen LogP contribution in [-0.2, 0) is 28.7 Å². The van der Waals surface area contributed by atoms with Crippen molar-refractivity contribution in [1.29, 1.82) is 0 Å². The Balaban J connectivity index is 1.62. The third-order valence-corrected chi connectivity index (χ3v) is 9.38. The summed E-state index contributed by atoms with van der Waals surface area (Å²) >= 11 is 0. The van der Waals surface area contributed by atoms with Crippen LogP contribution in [-0.4, -0.2) is 83.8 Å². The number of esters is 1. The van der Waals surface area contributed by atoms with Gasteiger partial charge in [0.1, 0.15) is 17.7 Å². The van der Waals surface area contributed by atoms with Gasteiger partial charge in [0.25, 0.3) is 5.91 Å². The fraction of sp³-hybridized carbons (Fsp3) is 0.600. The maximum atomic E-state index is 14.7. The number of hydrogen-bond acceptors (Lipinski definition) is 7. The molecule has 10 nitrogen and oxygen atoms in total. The number of anilines is 1. The second kappa shape index (κ2) is 15.2. The minimum atomic E-state index is -1.15. The number of carbonyl (C=O) groups excluding carboxylic acids is 4. The maximum absolute atomic E-state index is 14.7. The molecule has 45 heavy (non-hydrogen) atoms. The molecule has 0 aromatic heterocycles. The van der Waals surface area contributed by atoms with Crippen molar-refractivity contribution in [2.45, 2.75) is 96.0 Å². The summed E-state index contributed by atoms with van der Waals surface area (Å²) in [7, 11) is 0. The number of fused-ring (bicyclic) bond motifs is 1. The van der Waals surface area contributed by atoms with Crippen LogP contribution in [0.1, 0.15) is 69.4 Å². The van der Waals surface area contributed by atoms with Gasteiger partial charge in [-0.1, -0.05) is 43.2 Å². The fourth-order valence-corrected chi connectivity index (χ4v) is 7.39. The first-order valence-corrected chi connectivity index (χ1v) is 16.3. The number of para-hydroxylation sites is 1. The van der Waals surface area contributed by atoms with E-state index >= 15 is 0 Å². The van der Waals surface area contributed by atoms with E-state index in [9.17, 15) is 24.3 Å². The second-order valence-corrected chi connectivity index (χ2v) is 12.6. The van der Waals surface area contributed by atoms with Gasteiger partial charge in [0.15, 0.2) is 0 Å². The number of nitrogens with zero attached hydrogens (tertiary/aromatic N) is 2. The Kier molecular flexibility index (Phi) is 11.6. The number of unbranched alkanes of at least 4 members (excludes halogenated alkanes) is 3. The van der Waals surface area contributed by atoms with Crippen molar-refractivity contribution in [2.24, 2.45) is 11.8 Å². The molecule has 0 radical (unpaired) electrons. The molecule has 3 amide bonds. The first kappa shape index (κ1) is 34.4. The van der Waals surface area contributed by atoms with E-state index in [0.717, 1.165) is 29.7 Å². The van der Waals surface area contributed by atoms with Crippen LogP contribution >= 0.6 is 0 Å². The molecule has 1 aromatic carbocycles. The Morgan fingerprint density at radius 1 is 1.18 bits per heavy atom. The molecule has 1 aromatic rings. The predicted molar refractivity (Wildman–Crippen MR) is 171 cm³/mol. The van der Waals surface area contributed by atoms with Crippen molar-refractivity contribution in [3.8, 4) is 0 Å². The highest BCUT2D eigenvalue weighted by atomic mass is 16.6. The highest BCUT2D eigenvalue weighted by molar-refractivity contribution is 6.05. The number of hydrogen-bond donors (Lipinski definition) is 2. The average molecular weight is 624 g/mol. The van der Waals surface area contributed by atoms with Gasteiger partial charge >= 0.3 is 5.97 Å². The molecule has 3 aliphatic rings. The van der Waals surface area contributed by atoms with E-state index in [-0.39, 0.29) is 37.4 Å². The molecule has 10 heteroatoms. The smallest absolute Gasteiger partial charge is 0.312 e. The number of likely N-dealkylation sites (tertiary alicyclic amines) is 1. The molecule has 3 fully saturated rings. The molecule has 2 bridgehead atoms. The zero-order valence-corrected chi connectivity index (χ0v) is 27.0. The Labute approximate surface area is 266 Å². The SMILES string of the molecule is C=CCCC(=O)NC[C@H](C)OC(=O)[C@@H]1[C@H]2C(=O)N(CCCCCCO)[C@H](C(=O)N(CC=C)c3c(C)cccc3C)[C@]23CC[C@H]1O3. The number of rotatable bonds is 17. The van der Waals surface area contributed by atoms with E-state index in [1.54, 1.807) is 28.9 Å². The average Bonchev–Trinajstić information content (AvgIpc) is 3.65. The van der Waals surface area contributed by atoms with Gasteiger partial charge in [-0.2, -0.15) is 0 Å². The van der Waals surface area contributed by atoms with Crippen molar-refractivity contribution < 1.29 is 33.8 Å². The molecule has 0 aliphatic carbocycles. The Morgan fingerprint density at radius 3 is 2.56 bits per heavy atom. The van der Waals surface area contributed by atoms with Gasteiger partial charge in [0.2, 0.25) is 11.8 Å². The lowest BCUT2D eigenvalue weighted by Gasteiger charge is -2.37. The quantitative estimate of drug-likeness (QED) is 0.154. The lowest BCUT2D eigenvalue weighted by Crippen LogP contribution is -2.56. The zero-order valence-electron chi connectivity index (χ0n) is 27.0. The van der Waals surface area contributed by atoms with Crippen LogP contribution in [0.25, 0.3) is 0 Å². The number of allylic oxidation sites excluding steroid dienone is 1. The number of ether oxygens (including phenoxy) is 2. The highest BCUT2D eigenvalue weighted by Gasteiger charge is 2.75. The topological polar surface area (TPSA) is 125 Å². The lowest BCUT2D eigenvalue weighted by atomic mass is 9.70. The number of amides is 3. The van der Waals surface area contributed by atoms with E-state index in [0.29, 0.717) is 45.1 Å². The molecule has 3 heterocycles. The number of nitrogens with one attached hydrogen (secondary N) is 1. The summed E-state index contributed by atoms with van der Waals surface area (Å²) in [5.74, 6) is -2.88. The van der Waals surface area contributed by atoms with E-state index < -0.39 is 41.7 Å². The fourth-order valence-electron chi connectivity index (χ4n) is 7.39. The molecule has 3 aliphatic heterocycles. The molecule has 0 unspecified atom stereocenters. The van der Waals surface area contributed by atoms with Crippen molar-refractivity contribution in [2.75, 3.05) is 31.1 Å². The van der Waals surface area contributed by atoms with Gasteiger partial charge in [0.05, 0.1) is 24.5 Å². The monoisotopic (exact) mass is 623 g/mol. The lowest BCUT2D eigenvalue weighted by molar-refractivity contribution is -0.159. The van der Waals surface area contributed by atoms with Gasteiger partial charge in [-0.3, -0.25) is 19.2 Å². The van der Waals surface area contributed by atoms with Crippen molar-refractivity contribution >= 4 is 29.4 Å². The summed E-state index contributed by atoms with van der Waals surface area (Å²) in [6, 6.07) is 4.95. The molecule has 1 spiro atoms. The summed E-state index contributed by atoms with van der Waals surface area (Å²) < 4.78 is 12.4. The third kappa shape index (κ3) is 7.02. The molecule has 2 N–H and O–H groups in total. The van der Waals surface area contributed by atoms with Crippen LogP contribution in [0.15, 0.2) is 43.5 Å². The molecule has 246 valence electrons. The minimum Gasteiger partial charge on any atom is -0.460 e. The number of benzene rings is 1. The Morgan fingerprint density at radius 2 is 1.89 bits per heavy atom. The van der Waals surface area contributed by atoms with E-state index in [1.165, 1.54) is 0 Å². The van der Waals surface area contributed by atoms with Crippen molar-refractivity contribution in [1.82, 2.24) is 10.2 Å². The Hall–Kier alpha value is -3.50. The minimum absolute atomic E-state index is 0.108. The zero-order chi connectivity index (χ0) is 32.7. The number of carbonyl (C=O) groups is 4. The third-order valence-electron chi connectivity index (χ3n) is 9.38. The summed E-state index contributed by atoms with van der Waals surface area (Å²) in [6.45, 7) is 14.0. The molecular formula is C35H49N3O7. The van der Waals surface area contributed by atoms with Crippen molar-refractivity contribution in [3.05, 3.63) is 54.6 Å². The van der Waals surface area contributed by atoms with E-state index in [4.69, 9.17) is 9.47 Å². The highest BCUT2D eigenvalue weighted by Crippen LogP contribution is 2.59. The first-order chi connectivity index (χ1) is 21.6. The Bertz CT molecular complexity index is 1260. The van der Waals surface area contributed by atoms with Crippen LogP contribution in [0.2, 0.25) is 0 Å². The van der Waals surface area contributed by atoms with Crippen LogP contribution in [0.3, 0.4) is 0 Å². The number of aliphatic hydroxyl groups excluding tert-OH is 1. The van der Waals surface area contributed by atoms with Crippen LogP contribution in [0, 0.1) is 25.7 Å². The standard InChI is InChI=1S/C35H49N3O7/c1-6-8-16-27(40)36-22-25(5)44-34(43)28-26-17-18-35(45-26)29(28)32(41)38(20-11-9-10-12-21-39)31(35)33(42)37(19-7-2)30-23(3)14-13-15-24(30)4/h6-7,13-15,25-26,28-29,31,39H,1-2,8-12,16-22H2,3-5H3,(H,36,40)/t25-,26+,28-,29-,31+,35-/m0/s1. The number of aryl methyl sites for hydroxylation is 2. The van der Waals surface area contributed by atoms with Gasteiger partial charge in [0, 0.05) is 31.8 Å². The summed E-state index contributed by atoms with van der Waals surface area (Å²) in [4.78, 5) is 58.1. The van der Waals surface area contributed by atoms with Crippen LogP contribution in [0.4, 0.5) is 5.69 Å². The maximum Gasteiger partial charge on any atom is 0.312 e. The second-order valence-electron chi connectivity index (χ2n) is 12.6. The first-order valence-electron chi connectivity index (χ1n) is 16.3. The summed E-state index contributed by atoms with van der Waals surface area (Å²) in [6.07, 6.45) is 7.03. The summed E-state index contributed by atoms with van der Waals surface area (Å²) in [5.41, 5.74) is 1.50. The van der Waals surface area contributed by atoms with Gasteiger partial charge < -0.3 is 29.7 Å². The molecule has 0 saturated carbocycles. The van der Waals surface area contributed by atoms with E-state index in [1.807, 2.05) is 32.0 Å². The van der Waals surface area contributed by atoms with Crippen LogP contribution in [0.5, 0.6) is 0 Å². The van der Waals surface area contributed by atoms with Gasteiger partial charge in [-0.25, -0.2) is 0 Å². The molecule has 3 saturated heterocycles.